The molecule has 0 aromatic heterocycles. The molecule has 1 amide bonds. The van der Waals surface area contributed by atoms with Crippen LogP contribution in [0.4, 0.5) is 0 Å². The van der Waals surface area contributed by atoms with E-state index >= 15 is 0 Å². The van der Waals surface area contributed by atoms with E-state index < -0.39 is 5.41 Å². The fraction of sp³-hybridized carbons (Fsp3) is 0.500. The molecule has 2 aliphatic rings. The van der Waals surface area contributed by atoms with Crippen molar-refractivity contribution < 1.29 is 14.3 Å². The van der Waals surface area contributed by atoms with Gasteiger partial charge in [0, 0.05) is 26.4 Å². The monoisotopic (exact) mass is 407 g/mol. The minimum absolute atomic E-state index is 0.152. The van der Waals surface area contributed by atoms with Crippen LogP contribution >= 0.6 is 0 Å². The Labute approximate surface area is 180 Å². The molecule has 0 bridgehead atoms. The van der Waals surface area contributed by atoms with E-state index in [2.05, 4.69) is 61.6 Å². The Morgan fingerprint density at radius 1 is 1.00 bits per heavy atom. The fourth-order valence-electron chi connectivity index (χ4n) is 4.79. The molecule has 2 fully saturated rings. The van der Waals surface area contributed by atoms with Crippen LogP contribution in [0.5, 0.6) is 0 Å². The van der Waals surface area contributed by atoms with Crippen LogP contribution in [0.3, 0.4) is 0 Å². The third kappa shape index (κ3) is 4.93. The minimum Gasteiger partial charge on any atom is -0.381 e. The molecule has 0 radical (unpaired) electrons. The molecule has 2 aromatic rings. The zero-order chi connectivity index (χ0) is 21.0. The van der Waals surface area contributed by atoms with Crippen LogP contribution in [0.15, 0.2) is 42.5 Å². The molecular weight excluding hydrogens is 374 g/mol. The molecule has 1 atom stereocenters. The molecule has 2 heterocycles. The average Bonchev–Trinajstić information content (AvgIpc) is 3.26. The van der Waals surface area contributed by atoms with Crippen LogP contribution in [0, 0.1) is 19.3 Å². The summed E-state index contributed by atoms with van der Waals surface area (Å²) in [5, 5.41) is 3.19. The van der Waals surface area contributed by atoms with Gasteiger partial charge in [0.25, 0.3) is 0 Å². The number of benzene rings is 2. The van der Waals surface area contributed by atoms with Gasteiger partial charge in [-0.25, -0.2) is 0 Å². The number of ether oxygens (including phenoxy) is 2. The van der Waals surface area contributed by atoms with E-state index in [-0.39, 0.29) is 12.0 Å². The highest BCUT2D eigenvalue weighted by Gasteiger charge is 2.40. The summed E-state index contributed by atoms with van der Waals surface area (Å²) in [6, 6.07) is 15.4. The van der Waals surface area contributed by atoms with E-state index in [4.69, 9.17) is 9.47 Å². The molecule has 1 N–H and O–H groups in total. The number of nitrogens with one attached hydrogen (secondary N) is 1. The first kappa shape index (κ1) is 21.1. The van der Waals surface area contributed by atoms with Gasteiger partial charge in [-0.2, -0.15) is 0 Å². The lowest BCUT2D eigenvalue weighted by molar-refractivity contribution is -0.137. The molecule has 0 saturated carbocycles. The summed E-state index contributed by atoms with van der Waals surface area (Å²) in [6.07, 6.45) is 4.58. The Hall–Kier alpha value is -2.17. The zero-order valence-corrected chi connectivity index (χ0v) is 18.2. The van der Waals surface area contributed by atoms with Crippen LogP contribution in [0.1, 0.15) is 42.4 Å². The van der Waals surface area contributed by atoms with Gasteiger partial charge in [-0.15, -0.1) is 0 Å². The van der Waals surface area contributed by atoms with Crippen molar-refractivity contribution in [3.05, 3.63) is 59.2 Å². The highest BCUT2D eigenvalue weighted by molar-refractivity contribution is 5.83. The van der Waals surface area contributed by atoms with Gasteiger partial charge >= 0.3 is 0 Å². The van der Waals surface area contributed by atoms with Gasteiger partial charge in [-0.05, 0) is 62.6 Å². The predicted octanol–water partition coefficient (Wildman–Crippen LogP) is 4.60. The zero-order valence-electron chi connectivity index (χ0n) is 18.2. The average molecular weight is 408 g/mol. The SMILES string of the molecule is Cc1cc(C)cc(-c2ccc(CC3(C(=O)NC[C@H]4CCCO4)CCOCC3)cc2)c1. The van der Waals surface area contributed by atoms with E-state index in [1.807, 2.05) is 0 Å². The second-order valence-electron chi connectivity index (χ2n) is 8.99. The van der Waals surface area contributed by atoms with Gasteiger partial charge in [0.1, 0.15) is 0 Å². The summed E-state index contributed by atoms with van der Waals surface area (Å²) >= 11 is 0. The molecule has 0 aliphatic carbocycles. The highest BCUT2D eigenvalue weighted by atomic mass is 16.5. The van der Waals surface area contributed by atoms with Gasteiger partial charge in [-0.1, -0.05) is 53.6 Å². The fourth-order valence-corrected chi connectivity index (χ4v) is 4.79. The van der Waals surface area contributed by atoms with Crippen molar-refractivity contribution in [2.75, 3.05) is 26.4 Å². The molecule has 4 rings (SSSR count). The van der Waals surface area contributed by atoms with Crippen molar-refractivity contribution in [2.45, 2.75) is 52.1 Å². The predicted molar refractivity (Wildman–Crippen MR) is 120 cm³/mol. The van der Waals surface area contributed by atoms with E-state index in [0.29, 0.717) is 19.8 Å². The van der Waals surface area contributed by atoms with Crippen LogP contribution in [-0.2, 0) is 20.7 Å². The highest BCUT2D eigenvalue weighted by Crippen LogP contribution is 2.35. The summed E-state index contributed by atoms with van der Waals surface area (Å²) in [4.78, 5) is 13.2. The maximum absolute atomic E-state index is 13.2. The summed E-state index contributed by atoms with van der Waals surface area (Å²) in [5.74, 6) is 0.152. The number of rotatable bonds is 6. The largest absolute Gasteiger partial charge is 0.381 e. The number of carbonyl (C=O) groups excluding carboxylic acids is 1. The Kier molecular flexibility index (Phi) is 6.55. The van der Waals surface area contributed by atoms with E-state index in [1.54, 1.807) is 0 Å². The molecule has 0 unspecified atom stereocenters. The lowest BCUT2D eigenvalue weighted by Gasteiger charge is -2.36. The molecule has 30 heavy (non-hydrogen) atoms. The standard InChI is InChI=1S/C26H33NO3/c1-19-14-20(2)16-23(15-19)22-7-5-21(6-8-22)17-26(9-12-29-13-10-26)25(28)27-18-24-4-3-11-30-24/h5-8,14-16,24H,3-4,9-13,17-18H2,1-2H3,(H,27,28)/t24-/m1/s1. The smallest absolute Gasteiger partial charge is 0.226 e. The van der Waals surface area contributed by atoms with E-state index in [9.17, 15) is 4.79 Å². The van der Waals surface area contributed by atoms with E-state index in [1.165, 1.54) is 27.8 Å². The van der Waals surface area contributed by atoms with Gasteiger partial charge in [0.05, 0.1) is 11.5 Å². The van der Waals surface area contributed by atoms with Crippen LogP contribution in [0.2, 0.25) is 0 Å². The van der Waals surface area contributed by atoms with Crippen molar-refractivity contribution in [2.24, 2.45) is 5.41 Å². The first-order chi connectivity index (χ1) is 14.5. The number of hydrogen-bond donors (Lipinski definition) is 1. The Morgan fingerprint density at radius 2 is 1.70 bits per heavy atom. The van der Waals surface area contributed by atoms with Crippen LogP contribution < -0.4 is 5.32 Å². The van der Waals surface area contributed by atoms with Gasteiger partial charge < -0.3 is 14.8 Å². The van der Waals surface area contributed by atoms with E-state index in [0.717, 1.165) is 38.7 Å². The number of aryl methyl sites for hydroxylation is 2. The van der Waals surface area contributed by atoms with Crippen molar-refractivity contribution >= 4 is 5.91 Å². The summed E-state index contributed by atoms with van der Waals surface area (Å²) in [7, 11) is 0. The number of hydrogen-bond acceptors (Lipinski definition) is 3. The third-order valence-electron chi connectivity index (χ3n) is 6.50. The van der Waals surface area contributed by atoms with Crippen molar-refractivity contribution in [3.8, 4) is 11.1 Å². The normalized spacial score (nSPS) is 20.8. The second-order valence-corrected chi connectivity index (χ2v) is 8.99. The molecule has 4 nitrogen and oxygen atoms in total. The first-order valence-corrected chi connectivity index (χ1v) is 11.2. The second kappa shape index (κ2) is 9.32. The lowest BCUT2D eigenvalue weighted by atomic mass is 9.74. The Balaban J connectivity index is 1.47. The molecule has 2 aromatic carbocycles. The quantitative estimate of drug-likeness (QED) is 0.761. The number of amides is 1. The molecule has 4 heteroatoms. The molecular formula is C26H33NO3. The molecule has 160 valence electrons. The molecule has 2 aliphatic heterocycles. The summed E-state index contributed by atoms with van der Waals surface area (Å²) in [6.45, 7) is 6.99. The Bertz CT molecular complexity index is 842. The van der Waals surface area contributed by atoms with Crippen molar-refractivity contribution in [1.82, 2.24) is 5.32 Å². The first-order valence-electron chi connectivity index (χ1n) is 11.2. The van der Waals surface area contributed by atoms with Gasteiger partial charge in [-0.3, -0.25) is 4.79 Å². The third-order valence-corrected chi connectivity index (χ3v) is 6.50. The molecule has 2 saturated heterocycles. The maximum Gasteiger partial charge on any atom is 0.226 e. The number of carbonyl (C=O) groups is 1. The lowest BCUT2D eigenvalue weighted by Crippen LogP contribution is -2.47. The Morgan fingerprint density at radius 3 is 2.33 bits per heavy atom. The minimum atomic E-state index is -0.391. The molecule has 0 spiro atoms. The van der Waals surface area contributed by atoms with Crippen molar-refractivity contribution in [1.29, 1.82) is 0 Å². The van der Waals surface area contributed by atoms with Crippen LogP contribution in [0.25, 0.3) is 11.1 Å². The summed E-state index contributed by atoms with van der Waals surface area (Å²) < 4.78 is 11.3. The maximum atomic E-state index is 13.2. The van der Waals surface area contributed by atoms with Crippen molar-refractivity contribution in [3.63, 3.8) is 0 Å². The van der Waals surface area contributed by atoms with Gasteiger partial charge in [0.15, 0.2) is 0 Å². The van der Waals surface area contributed by atoms with Gasteiger partial charge in [0.2, 0.25) is 5.91 Å². The van der Waals surface area contributed by atoms with Crippen LogP contribution in [-0.4, -0.2) is 38.4 Å². The summed E-state index contributed by atoms with van der Waals surface area (Å²) in [5.41, 5.74) is 5.83. The topological polar surface area (TPSA) is 47.6 Å².